The van der Waals surface area contributed by atoms with Gasteiger partial charge in [-0.25, -0.2) is 4.98 Å². The molecule has 2 heterocycles. The van der Waals surface area contributed by atoms with E-state index in [0.717, 1.165) is 35.9 Å². The second-order valence-electron chi connectivity index (χ2n) is 8.14. The molecule has 31 heavy (non-hydrogen) atoms. The molecule has 0 spiro atoms. The van der Waals surface area contributed by atoms with Crippen LogP contribution < -0.4 is 0 Å². The second kappa shape index (κ2) is 8.75. The molecule has 160 valence electrons. The molecule has 5 rings (SSSR count). The van der Waals surface area contributed by atoms with Crippen molar-refractivity contribution in [2.24, 2.45) is 5.92 Å². The van der Waals surface area contributed by atoms with Gasteiger partial charge in [0.25, 0.3) is 11.1 Å². The molecule has 2 aliphatic rings. The van der Waals surface area contributed by atoms with E-state index in [1.807, 2.05) is 58.3 Å². The van der Waals surface area contributed by atoms with Gasteiger partial charge < -0.3 is 14.2 Å². The molecular formula is C24H25N3O3S. The highest BCUT2D eigenvalue weighted by molar-refractivity contribution is 7.98. The zero-order valence-corrected chi connectivity index (χ0v) is 18.1. The van der Waals surface area contributed by atoms with E-state index < -0.39 is 0 Å². The van der Waals surface area contributed by atoms with Crippen molar-refractivity contribution in [3.8, 4) is 0 Å². The second-order valence-corrected chi connectivity index (χ2v) is 9.07. The summed E-state index contributed by atoms with van der Waals surface area (Å²) in [4.78, 5) is 34.0. The lowest BCUT2D eigenvalue weighted by Gasteiger charge is -2.38. The lowest BCUT2D eigenvalue weighted by atomic mass is 9.84. The van der Waals surface area contributed by atoms with Crippen LogP contribution in [0, 0.1) is 5.92 Å². The first-order valence-electron chi connectivity index (χ1n) is 10.8. The first-order valence-corrected chi connectivity index (χ1v) is 11.8. The van der Waals surface area contributed by atoms with Gasteiger partial charge in [-0.05, 0) is 36.6 Å². The predicted octanol–water partition coefficient (Wildman–Crippen LogP) is 4.20. The van der Waals surface area contributed by atoms with E-state index in [4.69, 9.17) is 4.42 Å². The Morgan fingerprint density at radius 1 is 0.968 bits per heavy atom. The minimum Gasteiger partial charge on any atom is -0.431 e. The smallest absolute Gasteiger partial charge is 0.257 e. The van der Waals surface area contributed by atoms with Crippen LogP contribution in [0.2, 0.25) is 0 Å². The number of hydrogen-bond donors (Lipinski definition) is 0. The number of carbonyl (C=O) groups excluding carboxylic acids is 2. The van der Waals surface area contributed by atoms with Crippen molar-refractivity contribution in [2.45, 2.75) is 30.2 Å². The summed E-state index contributed by atoms with van der Waals surface area (Å²) in [7, 11) is 0. The van der Waals surface area contributed by atoms with Gasteiger partial charge in [0.15, 0.2) is 5.58 Å². The predicted molar refractivity (Wildman–Crippen MR) is 120 cm³/mol. The number of rotatable bonds is 5. The van der Waals surface area contributed by atoms with E-state index in [9.17, 15) is 9.59 Å². The van der Waals surface area contributed by atoms with Gasteiger partial charge in [-0.1, -0.05) is 48.5 Å². The summed E-state index contributed by atoms with van der Waals surface area (Å²) in [6, 6.07) is 15.4. The maximum absolute atomic E-state index is 13.2. The van der Waals surface area contributed by atoms with Crippen LogP contribution in [0.1, 0.15) is 35.2 Å². The molecule has 3 aromatic rings. The zero-order chi connectivity index (χ0) is 21.2. The third kappa shape index (κ3) is 4.19. The van der Waals surface area contributed by atoms with Crippen LogP contribution in [0.15, 0.2) is 58.2 Å². The molecule has 2 fully saturated rings. The lowest BCUT2D eigenvalue weighted by molar-refractivity contribution is -0.139. The fourth-order valence-corrected chi connectivity index (χ4v) is 4.96. The maximum Gasteiger partial charge on any atom is 0.257 e. The van der Waals surface area contributed by atoms with Gasteiger partial charge in [0, 0.05) is 43.4 Å². The number of piperazine rings is 1. The summed E-state index contributed by atoms with van der Waals surface area (Å²) in [5.74, 6) is 1.12. The number of aromatic nitrogens is 1. The van der Waals surface area contributed by atoms with Crippen molar-refractivity contribution in [3.63, 3.8) is 0 Å². The average molecular weight is 436 g/mol. The van der Waals surface area contributed by atoms with Gasteiger partial charge in [0.05, 0.1) is 0 Å². The summed E-state index contributed by atoms with van der Waals surface area (Å²) in [6.45, 7) is 2.43. The summed E-state index contributed by atoms with van der Waals surface area (Å²) >= 11 is 1.49. The minimum atomic E-state index is 0.0320. The van der Waals surface area contributed by atoms with Gasteiger partial charge in [-0.15, -0.1) is 0 Å². The van der Waals surface area contributed by atoms with Crippen LogP contribution in [0.4, 0.5) is 0 Å². The van der Waals surface area contributed by atoms with E-state index in [-0.39, 0.29) is 17.7 Å². The van der Waals surface area contributed by atoms with Gasteiger partial charge in [-0.3, -0.25) is 9.59 Å². The van der Waals surface area contributed by atoms with Crippen molar-refractivity contribution in [2.75, 3.05) is 26.2 Å². The van der Waals surface area contributed by atoms with E-state index in [2.05, 4.69) is 4.98 Å². The van der Waals surface area contributed by atoms with Crippen molar-refractivity contribution in [3.05, 3.63) is 59.7 Å². The first-order chi connectivity index (χ1) is 15.2. The topological polar surface area (TPSA) is 66.7 Å². The van der Waals surface area contributed by atoms with E-state index >= 15 is 0 Å². The average Bonchev–Trinajstić information content (AvgIpc) is 3.19. The largest absolute Gasteiger partial charge is 0.431 e. The third-order valence-corrected chi connectivity index (χ3v) is 7.08. The molecule has 0 N–H and O–H groups in total. The van der Waals surface area contributed by atoms with Gasteiger partial charge in [-0.2, -0.15) is 0 Å². The normalized spacial score (nSPS) is 17.0. The van der Waals surface area contributed by atoms with E-state index in [0.29, 0.717) is 42.7 Å². The van der Waals surface area contributed by atoms with Crippen LogP contribution in [-0.4, -0.2) is 52.8 Å². The number of benzene rings is 2. The molecule has 2 amide bonds. The molecule has 2 aromatic carbocycles. The van der Waals surface area contributed by atoms with Crippen LogP contribution in [0.5, 0.6) is 0 Å². The van der Waals surface area contributed by atoms with Crippen LogP contribution in [0.25, 0.3) is 11.1 Å². The summed E-state index contributed by atoms with van der Waals surface area (Å²) < 4.78 is 5.79. The zero-order valence-electron chi connectivity index (χ0n) is 17.3. The minimum absolute atomic E-state index is 0.0320. The van der Waals surface area contributed by atoms with Crippen LogP contribution >= 0.6 is 11.8 Å². The highest BCUT2D eigenvalue weighted by atomic mass is 32.2. The van der Waals surface area contributed by atoms with Crippen LogP contribution in [0.3, 0.4) is 0 Å². The number of amides is 2. The Balaban J connectivity index is 1.23. The Morgan fingerprint density at radius 2 is 1.68 bits per heavy atom. The monoisotopic (exact) mass is 435 g/mol. The molecule has 0 unspecified atom stereocenters. The van der Waals surface area contributed by atoms with E-state index in [1.165, 1.54) is 11.8 Å². The standard InChI is InChI=1S/C24H25N3O3S/c28-22(17-7-5-8-17)26-12-14-27(15-13-26)23(29)19-9-2-1-6-18(19)16-31-24-25-20-10-3-4-11-21(20)30-24/h1-4,6,9-11,17H,5,7-8,12-16H2. The molecule has 1 aliphatic heterocycles. The molecule has 0 radical (unpaired) electrons. The molecular weight excluding hydrogens is 410 g/mol. The molecule has 1 saturated carbocycles. The summed E-state index contributed by atoms with van der Waals surface area (Å²) in [5, 5.41) is 0.603. The van der Waals surface area contributed by atoms with Gasteiger partial charge in [0.1, 0.15) is 5.52 Å². The molecule has 0 bridgehead atoms. The lowest BCUT2D eigenvalue weighted by Crippen LogP contribution is -2.52. The summed E-state index contributed by atoms with van der Waals surface area (Å²) in [5.41, 5.74) is 3.28. The number of hydrogen-bond acceptors (Lipinski definition) is 5. The van der Waals surface area contributed by atoms with Crippen molar-refractivity contribution < 1.29 is 14.0 Å². The van der Waals surface area contributed by atoms with Gasteiger partial charge >= 0.3 is 0 Å². The first kappa shape index (κ1) is 20.1. The SMILES string of the molecule is O=C(c1ccccc1CSc1nc2ccccc2o1)N1CCN(C(=O)C2CCC2)CC1. The van der Waals surface area contributed by atoms with Gasteiger partial charge in [0.2, 0.25) is 5.91 Å². The molecule has 7 heteroatoms. The fraction of sp³-hybridized carbons (Fsp3) is 0.375. The Labute approximate surface area is 185 Å². The number of nitrogens with zero attached hydrogens (tertiary/aromatic N) is 3. The fourth-order valence-electron chi connectivity index (χ4n) is 4.12. The van der Waals surface area contributed by atoms with Crippen molar-refractivity contribution in [1.29, 1.82) is 0 Å². The number of carbonyl (C=O) groups is 2. The molecule has 1 saturated heterocycles. The Hall–Kier alpha value is -2.80. The molecule has 0 atom stereocenters. The Bertz CT molecular complexity index is 1070. The number of fused-ring (bicyclic) bond motifs is 1. The number of thioether (sulfide) groups is 1. The molecule has 1 aliphatic carbocycles. The maximum atomic E-state index is 13.2. The quantitative estimate of drug-likeness (QED) is 0.562. The van der Waals surface area contributed by atoms with E-state index in [1.54, 1.807) is 0 Å². The van der Waals surface area contributed by atoms with Crippen LogP contribution in [-0.2, 0) is 10.5 Å². The Morgan fingerprint density at radius 3 is 2.42 bits per heavy atom. The molecule has 1 aromatic heterocycles. The summed E-state index contributed by atoms with van der Waals surface area (Å²) in [6.07, 6.45) is 3.19. The Kier molecular flexibility index (Phi) is 5.68. The third-order valence-electron chi connectivity index (χ3n) is 6.21. The van der Waals surface area contributed by atoms with Crippen molar-refractivity contribution >= 4 is 34.7 Å². The number of oxazole rings is 1. The highest BCUT2D eigenvalue weighted by Gasteiger charge is 2.32. The number of para-hydroxylation sites is 2. The molecule has 6 nitrogen and oxygen atoms in total. The highest BCUT2D eigenvalue weighted by Crippen LogP contribution is 2.29. The van der Waals surface area contributed by atoms with Crippen molar-refractivity contribution in [1.82, 2.24) is 14.8 Å².